The van der Waals surface area contributed by atoms with E-state index in [0.717, 1.165) is 9.62 Å². The molecular formula is C33H29B3N6O6. The summed E-state index contributed by atoms with van der Waals surface area (Å²) in [6.07, 6.45) is 2.46. The number of imide groups is 2. The van der Waals surface area contributed by atoms with Crippen LogP contribution in [0.25, 0.3) is 0 Å². The molecule has 1 N–H and O–H groups in total. The molecule has 7 rings (SSSR count). The highest BCUT2D eigenvalue weighted by Crippen LogP contribution is 2.40. The molecule has 4 aliphatic rings. The van der Waals surface area contributed by atoms with Crippen LogP contribution in [0.4, 0.5) is 17.1 Å². The molecule has 4 aliphatic heterocycles. The van der Waals surface area contributed by atoms with Gasteiger partial charge in [0.25, 0.3) is 0 Å². The van der Waals surface area contributed by atoms with Gasteiger partial charge in [0.15, 0.2) is 0 Å². The van der Waals surface area contributed by atoms with Crippen LogP contribution in [-0.2, 0) is 24.0 Å². The molecule has 3 aromatic rings. The lowest BCUT2D eigenvalue weighted by Gasteiger charge is -2.58. The molecule has 4 heterocycles. The second-order valence-electron chi connectivity index (χ2n) is 11.9. The molecule has 12 nitrogen and oxygen atoms in total. The topological polar surface area (TPSA) is 125 Å². The average molecular weight is 638 g/mol. The van der Waals surface area contributed by atoms with Crippen molar-refractivity contribution in [3.8, 4) is 0 Å². The maximum atomic E-state index is 14.1. The van der Waals surface area contributed by atoms with Gasteiger partial charge in [0, 0.05) is 45.9 Å². The lowest BCUT2D eigenvalue weighted by molar-refractivity contribution is -0.133. The molecule has 1 unspecified atom stereocenters. The summed E-state index contributed by atoms with van der Waals surface area (Å²) in [7, 11) is -4.02. The Morgan fingerprint density at radius 1 is 0.500 bits per heavy atom. The van der Waals surface area contributed by atoms with E-state index in [0.29, 0.717) is 17.1 Å². The Kier molecular flexibility index (Phi) is 7.55. The minimum Gasteiger partial charge on any atom is -0.384 e. The van der Waals surface area contributed by atoms with Crippen LogP contribution in [-0.4, -0.2) is 76.7 Å². The zero-order valence-electron chi connectivity index (χ0n) is 26.4. The SMILES string of the molecule is CC1=CC(=O)N(B2N(c3ccccc3)B(N3C(=O)C=C(C)C3=O)N(c3ccccc3)B(N3C(=O)C(C)=CC3O)N2c2ccccc2)C1=O. The standard InChI is InChI=1S/C33H29B3N6O6/c1-22-19-28(43)37(31(22)46)34-40(25-13-7-4-8-14-25)35(38-29(44)20-23(2)32(38)47)42(27-17-11-6-12-18-27)36(39-30(45)21-24(3)33(39)48)41(34)26-15-9-5-10-16-26/h4-21,28,43H,1-3H3. The number of hydrogen-bond acceptors (Lipinski definition) is 9. The summed E-state index contributed by atoms with van der Waals surface area (Å²) < 4.78 is 5.05. The molecule has 48 heavy (non-hydrogen) atoms. The molecule has 0 spiro atoms. The number of nitrogens with zero attached hydrogens (tertiary/aromatic N) is 6. The predicted octanol–water partition coefficient (Wildman–Crippen LogP) is 2.21. The van der Waals surface area contributed by atoms with Gasteiger partial charge in [0.2, 0.25) is 29.5 Å². The van der Waals surface area contributed by atoms with Crippen molar-refractivity contribution in [1.82, 2.24) is 14.4 Å². The molecule has 0 aliphatic carbocycles. The summed E-state index contributed by atoms with van der Waals surface area (Å²) in [6.45, 7) is 4.66. The van der Waals surface area contributed by atoms with Crippen molar-refractivity contribution < 1.29 is 29.1 Å². The first-order valence-electron chi connectivity index (χ1n) is 15.4. The van der Waals surface area contributed by atoms with Crippen molar-refractivity contribution in [2.45, 2.75) is 27.0 Å². The van der Waals surface area contributed by atoms with Gasteiger partial charge in [-0.1, -0.05) is 54.6 Å². The van der Waals surface area contributed by atoms with E-state index in [4.69, 9.17) is 0 Å². The van der Waals surface area contributed by atoms with Gasteiger partial charge in [-0.2, -0.15) is 0 Å². The summed E-state index contributed by atoms with van der Waals surface area (Å²) in [5.74, 6) is -2.93. The highest BCUT2D eigenvalue weighted by atomic mass is 16.3. The van der Waals surface area contributed by atoms with E-state index in [1.165, 1.54) is 36.9 Å². The molecule has 236 valence electrons. The summed E-state index contributed by atoms with van der Waals surface area (Å²) in [5, 5.41) is 11.5. The summed E-state index contributed by atoms with van der Waals surface area (Å²) in [6, 6.07) is 26.6. The normalized spacial score (nSPS) is 20.1. The maximum Gasteiger partial charge on any atom is 0.494 e. The van der Waals surface area contributed by atoms with Crippen molar-refractivity contribution in [2.75, 3.05) is 14.2 Å². The van der Waals surface area contributed by atoms with Crippen LogP contribution >= 0.6 is 0 Å². The average Bonchev–Trinajstić information content (AvgIpc) is 3.61. The minimum atomic E-state index is -1.43. The molecule has 0 saturated carbocycles. The Bertz CT molecular complexity index is 1840. The van der Waals surface area contributed by atoms with Crippen LogP contribution in [0.5, 0.6) is 0 Å². The number of hydrogen-bond donors (Lipinski definition) is 1. The van der Waals surface area contributed by atoms with Crippen molar-refractivity contribution in [3.63, 3.8) is 0 Å². The van der Waals surface area contributed by atoms with Crippen molar-refractivity contribution >= 4 is 68.0 Å². The number of aliphatic hydroxyl groups excluding tert-OH is 1. The lowest BCUT2D eigenvalue weighted by atomic mass is 9.52. The third kappa shape index (κ3) is 4.73. The number of amides is 5. The first-order chi connectivity index (χ1) is 23.1. The third-order valence-electron chi connectivity index (χ3n) is 8.89. The Labute approximate surface area is 278 Å². The van der Waals surface area contributed by atoms with E-state index < -0.39 is 57.1 Å². The molecule has 1 saturated heterocycles. The molecule has 3 aromatic carbocycles. The monoisotopic (exact) mass is 638 g/mol. The number of rotatable bonds is 6. The summed E-state index contributed by atoms with van der Waals surface area (Å²) in [5.41, 5.74) is 2.09. The van der Waals surface area contributed by atoms with Crippen LogP contribution in [0, 0.1) is 0 Å². The van der Waals surface area contributed by atoms with Crippen molar-refractivity contribution in [2.24, 2.45) is 0 Å². The Hall–Kier alpha value is -5.82. The predicted molar refractivity (Wildman–Crippen MR) is 182 cm³/mol. The highest BCUT2D eigenvalue weighted by Gasteiger charge is 2.67. The van der Waals surface area contributed by atoms with Crippen LogP contribution in [0.2, 0.25) is 0 Å². The summed E-state index contributed by atoms with van der Waals surface area (Å²) in [4.78, 5) is 73.2. The van der Waals surface area contributed by atoms with E-state index in [-0.39, 0.29) is 16.7 Å². The maximum absolute atomic E-state index is 14.1. The minimum absolute atomic E-state index is 0.195. The lowest BCUT2D eigenvalue weighted by Crippen LogP contribution is -2.89. The van der Waals surface area contributed by atoms with Crippen molar-refractivity contribution in [1.29, 1.82) is 0 Å². The fourth-order valence-electron chi connectivity index (χ4n) is 6.72. The van der Waals surface area contributed by atoms with Gasteiger partial charge in [-0.3, -0.25) is 33.6 Å². The number of benzene rings is 3. The van der Waals surface area contributed by atoms with E-state index in [9.17, 15) is 29.1 Å². The molecule has 1 fully saturated rings. The fourth-order valence-corrected chi connectivity index (χ4v) is 6.72. The largest absolute Gasteiger partial charge is 0.494 e. The molecule has 0 bridgehead atoms. The van der Waals surface area contributed by atoms with Crippen LogP contribution < -0.4 is 14.2 Å². The van der Waals surface area contributed by atoms with Gasteiger partial charge in [-0.25, -0.2) is 0 Å². The number of carbonyl (C=O) groups excluding carboxylic acids is 5. The quantitative estimate of drug-likeness (QED) is 0.320. The van der Waals surface area contributed by atoms with E-state index >= 15 is 0 Å². The highest BCUT2D eigenvalue weighted by molar-refractivity contribution is 7.05. The Morgan fingerprint density at radius 3 is 1.15 bits per heavy atom. The molecule has 0 radical (unpaired) electrons. The molecular weight excluding hydrogens is 609 g/mol. The van der Waals surface area contributed by atoms with E-state index in [1.54, 1.807) is 112 Å². The van der Waals surface area contributed by atoms with Crippen LogP contribution in [0.15, 0.2) is 126 Å². The zero-order valence-corrected chi connectivity index (χ0v) is 26.4. The van der Waals surface area contributed by atoms with Gasteiger partial charge in [-0.05, 0) is 63.2 Å². The van der Waals surface area contributed by atoms with Crippen LogP contribution in [0.3, 0.4) is 0 Å². The molecule has 1 atom stereocenters. The smallest absolute Gasteiger partial charge is 0.384 e. The number of anilines is 3. The molecule has 15 heteroatoms. The van der Waals surface area contributed by atoms with Gasteiger partial charge in [0.05, 0.1) is 0 Å². The zero-order chi connectivity index (χ0) is 33.9. The second-order valence-corrected chi connectivity index (χ2v) is 11.9. The van der Waals surface area contributed by atoms with Gasteiger partial charge in [-0.15, -0.1) is 0 Å². The van der Waals surface area contributed by atoms with Gasteiger partial charge < -0.3 is 24.1 Å². The summed E-state index contributed by atoms with van der Waals surface area (Å²) >= 11 is 0. The number of carbonyl (C=O) groups is 5. The van der Waals surface area contributed by atoms with E-state index in [2.05, 4.69) is 0 Å². The Balaban J connectivity index is 1.60. The second kappa shape index (κ2) is 11.8. The first kappa shape index (κ1) is 30.8. The Morgan fingerprint density at radius 2 is 0.854 bits per heavy atom. The number of para-hydroxylation sites is 3. The van der Waals surface area contributed by atoms with Crippen molar-refractivity contribution in [3.05, 3.63) is 126 Å². The molecule has 5 amide bonds. The van der Waals surface area contributed by atoms with Gasteiger partial charge in [0.1, 0.15) is 6.23 Å². The first-order valence-corrected chi connectivity index (χ1v) is 15.4. The number of aliphatic hydroxyl groups is 1. The van der Waals surface area contributed by atoms with E-state index in [1.807, 2.05) is 0 Å². The fraction of sp³-hybridized carbons (Fsp3) is 0.121. The van der Waals surface area contributed by atoms with Gasteiger partial charge >= 0.3 is 21.4 Å². The molecule has 0 aromatic heterocycles. The van der Waals surface area contributed by atoms with Crippen LogP contribution in [0.1, 0.15) is 20.8 Å². The third-order valence-corrected chi connectivity index (χ3v) is 8.89.